The average molecular weight is 262 g/mol. The van der Waals surface area contributed by atoms with Gasteiger partial charge in [0.2, 0.25) is 0 Å². The van der Waals surface area contributed by atoms with Crippen molar-refractivity contribution in [3.05, 3.63) is 0 Å². The van der Waals surface area contributed by atoms with E-state index in [4.69, 9.17) is 0 Å². The van der Waals surface area contributed by atoms with Crippen LogP contribution < -0.4 is 0 Å². The zero-order valence-corrected chi connectivity index (χ0v) is 12.7. The maximum absolute atomic E-state index is 11.3. The third-order valence-corrected chi connectivity index (χ3v) is 6.97. The molecule has 1 nitrogen and oxygen atoms in total. The highest BCUT2D eigenvalue weighted by Gasteiger charge is 2.52. The molecule has 0 radical (unpaired) electrons. The molecule has 0 aromatic carbocycles. The van der Waals surface area contributed by atoms with Crippen LogP contribution in [-0.2, 0) is 4.79 Å². The summed E-state index contributed by atoms with van der Waals surface area (Å²) >= 11 is 0. The largest absolute Gasteiger partial charge is 0.303 e. The predicted octanol–water partition coefficient (Wildman–Crippen LogP) is 4.84. The van der Waals surface area contributed by atoms with Crippen molar-refractivity contribution in [2.24, 2.45) is 35.0 Å². The maximum atomic E-state index is 11.3. The fraction of sp³-hybridized carbons (Fsp3) is 0.944. The zero-order valence-electron chi connectivity index (χ0n) is 12.7. The van der Waals surface area contributed by atoms with E-state index in [1.165, 1.54) is 57.7 Å². The fourth-order valence-electron chi connectivity index (χ4n) is 6.15. The normalized spacial score (nSPS) is 50.1. The van der Waals surface area contributed by atoms with Crippen LogP contribution in [-0.4, -0.2) is 6.29 Å². The van der Waals surface area contributed by atoms with Gasteiger partial charge in [0.1, 0.15) is 6.29 Å². The van der Waals surface area contributed by atoms with Crippen LogP contribution in [0.1, 0.15) is 71.6 Å². The summed E-state index contributed by atoms with van der Waals surface area (Å²) in [5, 5.41) is 0. The first-order valence-electron chi connectivity index (χ1n) is 8.60. The lowest BCUT2D eigenvalue weighted by Crippen LogP contribution is -2.49. The monoisotopic (exact) mass is 262 g/mol. The van der Waals surface area contributed by atoms with Crippen LogP contribution in [0.2, 0.25) is 0 Å². The summed E-state index contributed by atoms with van der Waals surface area (Å²) < 4.78 is 0. The summed E-state index contributed by atoms with van der Waals surface area (Å²) in [5.74, 6) is 4.58. The van der Waals surface area contributed by atoms with E-state index in [2.05, 4.69) is 13.8 Å². The van der Waals surface area contributed by atoms with Crippen molar-refractivity contribution in [1.29, 1.82) is 0 Å². The van der Waals surface area contributed by atoms with Gasteiger partial charge in [-0.25, -0.2) is 0 Å². The lowest BCUT2D eigenvalue weighted by atomic mass is 9.47. The van der Waals surface area contributed by atoms with Crippen molar-refractivity contribution in [1.82, 2.24) is 0 Å². The van der Waals surface area contributed by atoms with Gasteiger partial charge in [-0.05, 0) is 67.1 Å². The summed E-state index contributed by atoms with van der Waals surface area (Å²) in [6.07, 6.45) is 13.3. The Labute approximate surface area is 118 Å². The van der Waals surface area contributed by atoms with Crippen LogP contribution in [0.15, 0.2) is 0 Å². The van der Waals surface area contributed by atoms with Crippen LogP contribution in [0.3, 0.4) is 0 Å². The number of fused-ring (bicyclic) bond motifs is 3. The lowest BCUT2D eigenvalue weighted by molar-refractivity contribution is -0.119. The van der Waals surface area contributed by atoms with Crippen molar-refractivity contribution in [3.63, 3.8) is 0 Å². The molecule has 6 atom stereocenters. The van der Waals surface area contributed by atoms with E-state index in [-0.39, 0.29) is 0 Å². The molecule has 19 heavy (non-hydrogen) atoms. The second kappa shape index (κ2) is 5.22. The second-order valence-electron chi connectivity index (χ2n) is 8.00. The Hall–Kier alpha value is -0.330. The minimum atomic E-state index is 0.400. The predicted molar refractivity (Wildman–Crippen MR) is 78.8 cm³/mol. The van der Waals surface area contributed by atoms with Crippen LogP contribution >= 0.6 is 0 Å². The number of carbonyl (C=O) groups is 1. The van der Waals surface area contributed by atoms with Crippen molar-refractivity contribution < 1.29 is 4.79 Å². The van der Waals surface area contributed by atoms with Crippen molar-refractivity contribution in [3.8, 4) is 0 Å². The van der Waals surface area contributed by atoms with E-state index in [0.717, 1.165) is 36.0 Å². The Kier molecular flexibility index (Phi) is 3.75. The zero-order chi connectivity index (χ0) is 13.5. The molecule has 0 aromatic heterocycles. The molecule has 0 bridgehead atoms. The Balaban J connectivity index is 1.86. The number of rotatable bonds is 2. The number of carbonyl (C=O) groups excluding carboxylic acids is 1. The number of aldehydes is 1. The van der Waals surface area contributed by atoms with Crippen LogP contribution in [0.25, 0.3) is 0 Å². The van der Waals surface area contributed by atoms with Crippen molar-refractivity contribution >= 4 is 6.29 Å². The minimum absolute atomic E-state index is 0.400. The van der Waals surface area contributed by atoms with Gasteiger partial charge in [-0.15, -0.1) is 0 Å². The topological polar surface area (TPSA) is 17.1 Å². The molecule has 3 rings (SSSR count). The van der Waals surface area contributed by atoms with Crippen LogP contribution in [0.5, 0.6) is 0 Å². The summed E-state index contributed by atoms with van der Waals surface area (Å²) in [6, 6.07) is 0. The van der Waals surface area contributed by atoms with Crippen molar-refractivity contribution in [2.45, 2.75) is 71.6 Å². The third-order valence-electron chi connectivity index (χ3n) is 6.97. The van der Waals surface area contributed by atoms with E-state index >= 15 is 0 Å². The van der Waals surface area contributed by atoms with Gasteiger partial charge < -0.3 is 4.79 Å². The second-order valence-corrected chi connectivity index (χ2v) is 8.00. The van der Waals surface area contributed by atoms with Gasteiger partial charge in [-0.3, -0.25) is 0 Å². The molecule has 3 aliphatic carbocycles. The van der Waals surface area contributed by atoms with E-state index in [9.17, 15) is 4.79 Å². The van der Waals surface area contributed by atoms with Gasteiger partial charge in [-0.2, -0.15) is 0 Å². The molecule has 5 unspecified atom stereocenters. The van der Waals surface area contributed by atoms with Gasteiger partial charge >= 0.3 is 0 Å². The highest BCUT2D eigenvalue weighted by atomic mass is 16.1. The molecule has 0 N–H and O–H groups in total. The lowest BCUT2D eigenvalue weighted by Gasteiger charge is -2.57. The highest BCUT2D eigenvalue weighted by Crippen LogP contribution is 2.60. The summed E-state index contributed by atoms with van der Waals surface area (Å²) in [7, 11) is 0. The van der Waals surface area contributed by atoms with Gasteiger partial charge in [-0.1, -0.05) is 33.1 Å². The molecule has 0 saturated heterocycles. The SMILES string of the molecule is CC1CCC2C3CCCC(C)C3CC[C@]2(CC=O)C1. The Morgan fingerprint density at radius 2 is 1.89 bits per heavy atom. The molecule has 0 aromatic rings. The van der Waals surface area contributed by atoms with Crippen LogP contribution in [0.4, 0.5) is 0 Å². The first-order valence-corrected chi connectivity index (χ1v) is 8.60. The maximum Gasteiger partial charge on any atom is 0.120 e. The summed E-state index contributed by atoms with van der Waals surface area (Å²) in [6.45, 7) is 4.88. The molecule has 0 heterocycles. The molecule has 1 heteroatoms. The third kappa shape index (κ3) is 2.28. The van der Waals surface area contributed by atoms with E-state index < -0.39 is 0 Å². The van der Waals surface area contributed by atoms with Gasteiger partial charge in [0, 0.05) is 6.42 Å². The molecular formula is C18H30O. The average Bonchev–Trinajstić information content (AvgIpc) is 2.38. The van der Waals surface area contributed by atoms with Gasteiger partial charge in [0.05, 0.1) is 0 Å². The minimum Gasteiger partial charge on any atom is -0.303 e. The molecule has 0 amide bonds. The Bertz CT molecular complexity index is 337. The van der Waals surface area contributed by atoms with E-state index in [0.29, 0.717) is 5.41 Å². The fourth-order valence-corrected chi connectivity index (χ4v) is 6.15. The van der Waals surface area contributed by atoms with Crippen LogP contribution in [0, 0.1) is 35.0 Å². The van der Waals surface area contributed by atoms with Gasteiger partial charge in [0.25, 0.3) is 0 Å². The van der Waals surface area contributed by atoms with Crippen molar-refractivity contribution in [2.75, 3.05) is 0 Å². The first kappa shape index (κ1) is 13.6. The molecule has 0 aliphatic heterocycles. The Morgan fingerprint density at radius 3 is 2.68 bits per heavy atom. The highest BCUT2D eigenvalue weighted by molar-refractivity contribution is 5.51. The standard InChI is InChI=1S/C18H30O/c1-13-6-7-17-16-5-3-4-14(2)15(16)8-9-18(17,12-13)10-11-19/h11,13-17H,3-10,12H2,1-2H3/t13?,14?,15?,16?,17?,18-/m0/s1. The molecular weight excluding hydrogens is 232 g/mol. The molecule has 0 spiro atoms. The summed E-state index contributed by atoms with van der Waals surface area (Å²) in [4.78, 5) is 11.3. The molecule has 3 fully saturated rings. The molecule has 108 valence electrons. The van der Waals surface area contributed by atoms with E-state index in [1.54, 1.807) is 0 Å². The quantitative estimate of drug-likeness (QED) is 0.650. The summed E-state index contributed by atoms with van der Waals surface area (Å²) in [5.41, 5.74) is 0.400. The van der Waals surface area contributed by atoms with E-state index in [1.807, 2.05) is 0 Å². The molecule has 3 aliphatic rings. The number of hydrogen-bond acceptors (Lipinski definition) is 1. The first-order chi connectivity index (χ1) is 9.16. The number of hydrogen-bond donors (Lipinski definition) is 0. The van der Waals surface area contributed by atoms with Gasteiger partial charge in [0.15, 0.2) is 0 Å². The smallest absolute Gasteiger partial charge is 0.120 e. The Morgan fingerprint density at radius 1 is 1.05 bits per heavy atom. The molecule has 3 saturated carbocycles.